The van der Waals surface area contributed by atoms with Crippen molar-refractivity contribution in [2.45, 2.75) is 20.1 Å². The number of hydrogen-bond donors (Lipinski definition) is 2. The number of halogens is 2. The highest BCUT2D eigenvalue weighted by atomic mass is 35.5. The zero-order valence-corrected chi connectivity index (χ0v) is 23.5. The summed E-state index contributed by atoms with van der Waals surface area (Å²) in [7, 11) is 0. The van der Waals surface area contributed by atoms with Gasteiger partial charge in [0.1, 0.15) is 28.4 Å². The molecule has 3 heterocycles. The monoisotopic (exact) mass is 585 g/mol. The van der Waals surface area contributed by atoms with Crippen molar-refractivity contribution in [3.8, 4) is 5.75 Å². The van der Waals surface area contributed by atoms with Crippen molar-refractivity contribution in [3.05, 3.63) is 124 Å². The minimum Gasteiger partial charge on any atom is -0.457 e. The van der Waals surface area contributed by atoms with Crippen LogP contribution in [0.3, 0.4) is 0 Å². The molecule has 0 saturated carbocycles. The van der Waals surface area contributed by atoms with Gasteiger partial charge >= 0.3 is 6.09 Å². The average molecular weight is 586 g/mol. The Morgan fingerprint density at radius 2 is 1.54 bits per heavy atom. The summed E-state index contributed by atoms with van der Waals surface area (Å²) >= 11 is 12.0. The van der Waals surface area contributed by atoms with Crippen molar-refractivity contribution in [1.82, 2.24) is 9.97 Å². The number of allylic oxidation sites excluding steroid dienone is 2. The van der Waals surface area contributed by atoms with E-state index in [9.17, 15) is 4.79 Å². The Bertz CT molecular complexity index is 1820. The van der Waals surface area contributed by atoms with E-state index in [0.717, 1.165) is 32.9 Å². The number of hydrogen-bond acceptors (Lipinski definition) is 6. The topological polar surface area (TPSA) is 93.6 Å². The maximum absolute atomic E-state index is 12.2. The highest BCUT2D eigenvalue weighted by Gasteiger charge is 2.15. The minimum atomic E-state index is -0.592. The number of fused-ring (bicyclic) bond motifs is 3. The number of anilines is 1. The number of benzene rings is 3. The number of rotatable bonds is 4. The number of carbonyl (C=O) groups is 1. The second-order valence-corrected chi connectivity index (χ2v) is 9.94. The lowest BCUT2D eigenvalue weighted by Gasteiger charge is -2.18. The summed E-state index contributed by atoms with van der Waals surface area (Å²) in [6.07, 6.45) is 1.27. The molecule has 1 aliphatic heterocycles. The van der Waals surface area contributed by atoms with Gasteiger partial charge in [0, 0.05) is 39.2 Å². The average Bonchev–Trinajstić information content (AvgIpc) is 2.95. The van der Waals surface area contributed by atoms with E-state index in [2.05, 4.69) is 21.9 Å². The summed E-state index contributed by atoms with van der Waals surface area (Å²) in [5, 5.41) is 14.3. The van der Waals surface area contributed by atoms with Crippen LogP contribution in [0.1, 0.15) is 23.6 Å². The fourth-order valence-electron chi connectivity index (χ4n) is 4.28. The zero-order chi connectivity index (χ0) is 28.9. The van der Waals surface area contributed by atoms with E-state index in [0.29, 0.717) is 38.6 Å². The normalized spacial score (nSPS) is 12.1. The summed E-state index contributed by atoms with van der Waals surface area (Å²) in [6.45, 7) is 5.74. The van der Waals surface area contributed by atoms with Crippen LogP contribution in [0.25, 0.3) is 27.4 Å². The van der Waals surface area contributed by atoms with Crippen LogP contribution in [0.15, 0.2) is 97.3 Å². The first kappa shape index (κ1) is 28.1. The SMILES string of the molecule is C=C1C=C(C)c2ccc(NC(=O)OCc3cc4ccccc4nc3Cl)cc2O1.OCc1cc2ccccc2nc1Cl. The molecule has 9 heteroatoms. The largest absolute Gasteiger partial charge is 0.457 e. The lowest BCUT2D eigenvalue weighted by molar-refractivity contribution is 0.155. The Morgan fingerprint density at radius 3 is 2.20 bits per heavy atom. The highest BCUT2D eigenvalue weighted by Crippen LogP contribution is 2.34. The van der Waals surface area contributed by atoms with E-state index in [1.54, 1.807) is 12.1 Å². The third-order valence-corrected chi connectivity index (χ3v) is 6.96. The van der Waals surface area contributed by atoms with Gasteiger partial charge in [0.05, 0.1) is 17.6 Å². The first-order valence-corrected chi connectivity index (χ1v) is 13.4. The molecule has 2 N–H and O–H groups in total. The van der Waals surface area contributed by atoms with E-state index in [1.165, 1.54) is 0 Å². The molecule has 3 aromatic carbocycles. The first-order chi connectivity index (χ1) is 19.8. The summed E-state index contributed by atoms with van der Waals surface area (Å²) in [5.41, 5.74) is 5.53. The van der Waals surface area contributed by atoms with Crippen LogP contribution in [-0.2, 0) is 18.0 Å². The van der Waals surface area contributed by atoms with Crippen LogP contribution in [0.5, 0.6) is 5.75 Å². The van der Waals surface area contributed by atoms with E-state index in [4.69, 9.17) is 37.8 Å². The lowest BCUT2D eigenvalue weighted by atomic mass is 10.0. The van der Waals surface area contributed by atoms with Gasteiger partial charge in [-0.2, -0.15) is 0 Å². The van der Waals surface area contributed by atoms with Gasteiger partial charge in [0.25, 0.3) is 0 Å². The van der Waals surface area contributed by atoms with Crippen LogP contribution in [0, 0.1) is 0 Å². The number of aliphatic hydroxyl groups is 1. The number of para-hydroxylation sites is 2. The summed E-state index contributed by atoms with van der Waals surface area (Å²) in [4.78, 5) is 20.7. The molecule has 41 heavy (non-hydrogen) atoms. The number of aliphatic hydroxyl groups excluding tert-OH is 1. The Kier molecular flexibility index (Phi) is 8.50. The van der Waals surface area contributed by atoms with Gasteiger partial charge in [-0.25, -0.2) is 14.8 Å². The van der Waals surface area contributed by atoms with E-state index in [1.807, 2.05) is 79.7 Å². The second-order valence-electron chi connectivity index (χ2n) is 9.23. The van der Waals surface area contributed by atoms with Crippen LogP contribution < -0.4 is 10.1 Å². The maximum atomic E-state index is 12.2. The van der Waals surface area contributed by atoms with Crippen LogP contribution in [0.4, 0.5) is 10.5 Å². The summed E-state index contributed by atoms with van der Waals surface area (Å²) in [6, 6.07) is 24.4. The molecule has 0 bridgehead atoms. The molecule has 0 atom stereocenters. The maximum Gasteiger partial charge on any atom is 0.411 e. The number of nitrogens with one attached hydrogen (secondary N) is 1. The van der Waals surface area contributed by atoms with Crippen LogP contribution in [-0.4, -0.2) is 21.2 Å². The van der Waals surface area contributed by atoms with E-state index in [-0.39, 0.29) is 13.2 Å². The molecule has 1 aliphatic rings. The number of pyridine rings is 2. The quantitative estimate of drug-likeness (QED) is 0.206. The Hall–Kier alpha value is -4.43. The van der Waals surface area contributed by atoms with Crippen LogP contribution in [0.2, 0.25) is 10.3 Å². The number of ether oxygens (including phenoxy) is 2. The van der Waals surface area contributed by atoms with Crippen molar-refractivity contribution >= 4 is 62.4 Å². The van der Waals surface area contributed by atoms with Crippen molar-refractivity contribution in [3.63, 3.8) is 0 Å². The zero-order valence-electron chi connectivity index (χ0n) is 22.0. The molecular weight excluding hydrogens is 561 g/mol. The summed E-state index contributed by atoms with van der Waals surface area (Å²) in [5.74, 6) is 1.20. The fourth-order valence-corrected chi connectivity index (χ4v) is 4.69. The van der Waals surface area contributed by atoms with E-state index >= 15 is 0 Å². The molecule has 0 radical (unpaired) electrons. The van der Waals surface area contributed by atoms with Gasteiger partial charge in [0.15, 0.2) is 0 Å². The molecule has 0 spiro atoms. The van der Waals surface area contributed by atoms with Crippen molar-refractivity contribution < 1.29 is 19.4 Å². The molecule has 0 fully saturated rings. The third-order valence-electron chi connectivity index (χ3n) is 6.30. The molecule has 1 amide bonds. The molecule has 2 aromatic heterocycles. The molecule has 206 valence electrons. The minimum absolute atomic E-state index is 0.0165. The number of nitrogens with zero attached hydrogens (tertiary/aromatic N) is 2. The predicted molar refractivity (Wildman–Crippen MR) is 163 cm³/mol. The highest BCUT2D eigenvalue weighted by molar-refractivity contribution is 6.31. The van der Waals surface area contributed by atoms with Gasteiger partial charge in [0.2, 0.25) is 0 Å². The van der Waals surface area contributed by atoms with Gasteiger partial charge in [-0.15, -0.1) is 0 Å². The molecule has 0 aliphatic carbocycles. The number of amides is 1. The molecule has 7 nitrogen and oxygen atoms in total. The predicted octanol–water partition coefficient (Wildman–Crippen LogP) is 8.33. The van der Waals surface area contributed by atoms with Crippen molar-refractivity contribution in [2.24, 2.45) is 0 Å². The second kappa shape index (κ2) is 12.4. The Labute approximate surface area is 246 Å². The molecule has 0 saturated heterocycles. The van der Waals surface area contributed by atoms with E-state index < -0.39 is 6.09 Å². The Balaban J connectivity index is 0.000000216. The Morgan fingerprint density at radius 1 is 0.927 bits per heavy atom. The van der Waals surface area contributed by atoms with Gasteiger partial charge < -0.3 is 14.6 Å². The number of aromatic nitrogens is 2. The lowest BCUT2D eigenvalue weighted by Crippen LogP contribution is -2.14. The number of carbonyl (C=O) groups excluding carboxylic acids is 1. The molecule has 6 rings (SSSR count). The standard InChI is InChI=1S/C22H17ClN2O3.C10H8ClNO/c1-13-9-14(2)28-20-11-17(7-8-18(13)20)24-22(26)27-12-16-10-15-5-3-4-6-19(15)25-21(16)23;11-10-8(6-13)5-7-3-1-2-4-9(7)12-10/h3-11H,2,12H2,1H3,(H,24,26);1-5,13H,6H2. The molecular formula is C32H25Cl2N3O4. The smallest absolute Gasteiger partial charge is 0.411 e. The van der Waals surface area contributed by atoms with Gasteiger partial charge in [-0.1, -0.05) is 66.2 Å². The molecule has 0 unspecified atom stereocenters. The third kappa shape index (κ3) is 6.66. The van der Waals surface area contributed by atoms with Gasteiger partial charge in [-0.05, 0) is 55.0 Å². The van der Waals surface area contributed by atoms with Crippen molar-refractivity contribution in [2.75, 3.05) is 5.32 Å². The fraction of sp³-hybridized carbons (Fsp3) is 0.0938. The molecule has 5 aromatic rings. The van der Waals surface area contributed by atoms with Crippen molar-refractivity contribution in [1.29, 1.82) is 0 Å². The summed E-state index contributed by atoms with van der Waals surface area (Å²) < 4.78 is 10.9. The van der Waals surface area contributed by atoms with Gasteiger partial charge in [-0.3, -0.25) is 5.32 Å². The van der Waals surface area contributed by atoms with Crippen LogP contribution >= 0.6 is 23.2 Å². The first-order valence-electron chi connectivity index (χ1n) is 12.6.